The number of halogens is 1. The highest BCUT2D eigenvalue weighted by atomic mass is 127. The molecular formula is C49H81IO5. The Bertz CT molecular complexity index is 1140. The van der Waals surface area contributed by atoms with Crippen molar-refractivity contribution >= 4 is 28.6 Å². The molecule has 2 rings (SSSR count). The van der Waals surface area contributed by atoms with E-state index in [4.69, 9.17) is 18.9 Å². The van der Waals surface area contributed by atoms with Crippen molar-refractivity contribution in [3.05, 3.63) is 45.5 Å². The highest BCUT2D eigenvalue weighted by molar-refractivity contribution is 14.1. The Balaban J connectivity index is 2.05. The van der Waals surface area contributed by atoms with Gasteiger partial charge in [0.2, 0.25) is 5.75 Å². The number of rotatable bonds is 38. The number of benzene rings is 2. The topological polar surface area (TPSA) is 54.0 Å². The summed E-state index contributed by atoms with van der Waals surface area (Å²) < 4.78 is 26.3. The Morgan fingerprint density at radius 3 is 1.09 bits per heavy atom. The van der Waals surface area contributed by atoms with Gasteiger partial charge >= 0.3 is 5.97 Å². The number of carbonyl (C=O) groups is 1. The monoisotopic (exact) mass is 877 g/mol. The Morgan fingerprint density at radius 2 is 0.745 bits per heavy atom. The van der Waals surface area contributed by atoms with Crippen LogP contribution in [0.3, 0.4) is 0 Å². The Hall–Kier alpha value is -1.96. The van der Waals surface area contributed by atoms with E-state index in [9.17, 15) is 4.79 Å². The predicted molar refractivity (Wildman–Crippen MR) is 243 cm³/mol. The van der Waals surface area contributed by atoms with Crippen LogP contribution in [-0.4, -0.2) is 25.8 Å². The van der Waals surface area contributed by atoms with Crippen LogP contribution in [0.5, 0.6) is 23.0 Å². The molecule has 0 radical (unpaired) electrons. The van der Waals surface area contributed by atoms with Gasteiger partial charge in [0, 0.05) is 3.57 Å². The molecule has 0 N–H and O–H groups in total. The maximum atomic E-state index is 13.5. The third-order valence-electron chi connectivity index (χ3n) is 10.5. The molecule has 0 spiro atoms. The first kappa shape index (κ1) is 49.2. The molecule has 0 aliphatic heterocycles. The zero-order valence-corrected chi connectivity index (χ0v) is 37.9. The third kappa shape index (κ3) is 25.8. The molecule has 0 fully saturated rings. The third-order valence-corrected chi connectivity index (χ3v) is 11.3. The van der Waals surface area contributed by atoms with Crippen LogP contribution in [-0.2, 0) is 0 Å². The molecule has 0 amide bonds. The van der Waals surface area contributed by atoms with Gasteiger partial charge in [0.05, 0.1) is 25.4 Å². The lowest BCUT2D eigenvalue weighted by molar-refractivity contribution is 0.0733. The fourth-order valence-electron chi connectivity index (χ4n) is 7.03. The summed E-state index contributed by atoms with van der Waals surface area (Å²) in [6.45, 7) is 8.59. The smallest absolute Gasteiger partial charge is 0.343 e. The minimum absolute atomic E-state index is 0.418. The number of esters is 1. The summed E-state index contributed by atoms with van der Waals surface area (Å²) in [5.74, 6) is 1.89. The van der Waals surface area contributed by atoms with Crippen LogP contribution in [0.1, 0.15) is 224 Å². The first-order chi connectivity index (χ1) is 27.1. The first-order valence-corrected chi connectivity index (χ1v) is 24.2. The lowest BCUT2D eigenvalue weighted by Crippen LogP contribution is -2.12. The molecule has 0 aromatic heterocycles. The van der Waals surface area contributed by atoms with E-state index in [0.29, 0.717) is 48.4 Å². The molecule has 55 heavy (non-hydrogen) atoms. The van der Waals surface area contributed by atoms with E-state index in [1.165, 1.54) is 154 Å². The molecule has 0 heterocycles. The largest absolute Gasteiger partial charge is 0.490 e. The second-order valence-corrected chi connectivity index (χ2v) is 17.0. The average molecular weight is 877 g/mol. The summed E-state index contributed by atoms with van der Waals surface area (Å²) in [4.78, 5) is 13.5. The molecule has 5 nitrogen and oxygen atoms in total. The van der Waals surface area contributed by atoms with Gasteiger partial charge in [-0.1, -0.05) is 194 Å². The van der Waals surface area contributed by atoms with Gasteiger partial charge in [-0.3, -0.25) is 0 Å². The van der Waals surface area contributed by atoms with Gasteiger partial charge in [-0.2, -0.15) is 0 Å². The fraction of sp³-hybridized carbons (Fsp3) is 0.735. The molecule has 2 aromatic rings. The minimum Gasteiger partial charge on any atom is -0.490 e. The second-order valence-electron chi connectivity index (χ2n) is 15.7. The molecule has 0 aliphatic carbocycles. The Morgan fingerprint density at radius 1 is 0.436 bits per heavy atom. The standard InChI is InChI=1S/C49H81IO5/c1-4-7-10-13-16-19-22-25-28-31-38-52-46-41-43(49(51)55-45-36-34-44(50)35-37-45)42-47(53-39-32-29-26-23-20-17-14-11-8-5-2)48(46)54-40-33-30-27-24-21-18-15-12-9-6-3/h34-37,41-42H,4-33,38-40H2,1-3H3. The van der Waals surface area contributed by atoms with Crippen molar-refractivity contribution in [1.82, 2.24) is 0 Å². The highest BCUT2D eigenvalue weighted by Gasteiger charge is 2.20. The minimum atomic E-state index is -0.421. The summed E-state index contributed by atoms with van der Waals surface area (Å²) in [7, 11) is 0. The van der Waals surface area contributed by atoms with E-state index in [1.54, 1.807) is 12.1 Å². The zero-order chi connectivity index (χ0) is 39.4. The summed E-state index contributed by atoms with van der Waals surface area (Å²) in [5.41, 5.74) is 0.418. The van der Waals surface area contributed by atoms with Crippen molar-refractivity contribution in [2.45, 2.75) is 213 Å². The first-order valence-electron chi connectivity index (χ1n) is 23.1. The normalized spacial score (nSPS) is 11.2. The quantitative estimate of drug-likeness (QED) is 0.0291. The van der Waals surface area contributed by atoms with Crippen LogP contribution < -0.4 is 18.9 Å². The van der Waals surface area contributed by atoms with E-state index in [0.717, 1.165) is 42.1 Å². The van der Waals surface area contributed by atoms with Crippen molar-refractivity contribution in [1.29, 1.82) is 0 Å². The molecule has 0 unspecified atom stereocenters. The second kappa shape index (κ2) is 35.2. The van der Waals surface area contributed by atoms with Gasteiger partial charge in [0.25, 0.3) is 0 Å². The van der Waals surface area contributed by atoms with Gasteiger partial charge in [0.15, 0.2) is 11.5 Å². The molecule has 314 valence electrons. The van der Waals surface area contributed by atoms with Crippen LogP contribution in [0.15, 0.2) is 36.4 Å². The lowest BCUT2D eigenvalue weighted by atomic mass is 10.1. The number of carbonyl (C=O) groups excluding carboxylic acids is 1. The van der Waals surface area contributed by atoms with Gasteiger partial charge in [-0.15, -0.1) is 0 Å². The number of hydrogen-bond acceptors (Lipinski definition) is 5. The van der Waals surface area contributed by atoms with Crippen LogP contribution in [0.2, 0.25) is 0 Å². The average Bonchev–Trinajstić information content (AvgIpc) is 3.19. The van der Waals surface area contributed by atoms with E-state index < -0.39 is 5.97 Å². The molecule has 6 heteroatoms. The SMILES string of the molecule is CCCCCCCCCCCCOc1cc(C(=O)Oc2ccc(I)cc2)cc(OCCCCCCCCCCCC)c1OCCCCCCCCCCCC. The van der Waals surface area contributed by atoms with Crippen molar-refractivity contribution in [2.75, 3.05) is 19.8 Å². The number of hydrogen-bond donors (Lipinski definition) is 0. The van der Waals surface area contributed by atoms with Crippen LogP contribution in [0.4, 0.5) is 0 Å². The van der Waals surface area contributed by atoms with Crippen LogP contribution in [0, 0.1) is 3.57 Å². The Labute approximate surface area is 352 Å². The summed E-state index contributed by atoms with van der Waals surface area (Å²) in [6.07, 6.45) is 38.2. The Kier molecular flexibility index (Phi) is 31.5. The van der Waals surface area contributed by atoms with E-state index in [1.807, 2.05) is 24.3 Å². The molecule has 0 aliphatic rings. The summed E-state index contributed by atoms with van der Waals surface area (Å²) in [5, 5.41) is 0. The van der Waals surface area contributed by atoms with Crippen LogP contribution in [0.25, 0.3) is 0 Å². The molecule has 0 bridgehead atoms. The zero-order valence-electron chi connectivity index (χ0n) is 35.7. The van der Waals surface area contributed by atoms with Crippen molar-refractivity contribution < 1.29 is 23.7 Å². The molecule has 2 aromatic carbocycles. The molecule has 0 saturated carbocycles. The highest BCUT2D eigenvalue weighted by Crippen LogP contribution is 2.40. The molecule has 0 saturated heterocycles. The number of unbranched alkanes of at least 4 members (excludes halogenated alkanes) is 27. The van der Waals surface area contributed by atoms with Gasteiger partial charge in [0.1, 0.15) is 5.75 Å². The lowest BCUT2D eigenvalue weighted by Gasteiger charge is -2.19. The number of ether oxygens (including phenoxy) is 4. The molecular weight excluding hydrogens is 795 g/mol. The maximum absolute atomic E-state index is 13.5. The van der Waals surface area contributed by atoms with Crippen molar-refractivity contribution in [3.63, 3.8) is 0 Å². The predicted octanol–water partition coefficient (Wildman–Crippen LogP) is 16.4. The maximum Gasteiger partial charge on any atom is 0.343 e. The van der Waals surface area contributed by atoms with Crippen LogP contribution >= 0.6 is 22.6 Å². The van der Waals surface area contributed by atoms with Crippen molar-refractivity contribution in [2.24, 2.45) is 0 Å². The van der Waals surface area contributed by atoms with E-state index in [2.05, 4.69) is 43.4 Å². The van der Waals surface area contributed by atoms with E-state index >= 15 is 0 Å². The summed E-state index contributed by atoms with van der Waals surface area (Å²) in [6, 6.07) is 11.1. The summed E-state index contributed by atoms with van der Waals surface area (Å²) >= 11 is 2.25. The van der Waals surface area contributed by atoms with Crippen molar-refractivity contribution in [3.8, 4) is 23.0 Å². The van der Waals surface area contributed by atoms with Gasteiger partial charge < -0.3 is 18.9 Å². The van der Waals surface area contributed by atoms with Gasteiger partial charge in [-0.25, -0.2) is 4.79 Å². The van der Waals surface area contributed by atoms with Gasteiger partial charge in [-0.05, 0) is 78.3 Å². The van der Waals surface area contributed by atoms with E-state index in [-0.39, 0.29) is 0 Å². The molecule has 0 atom stereocenters. The fourth-order valence-corrected chi connectivity index (χ4v) is 7.39.